The number of nitrogens with one attached hydrogen (secondary N) is 1. The van der Waals surface area contributed by atoms with Crippen molar-refractivity contribution in [2.45, 2.75) is 38.8 Å². The molecule has 4 heteroatoms. The molecular weight excluding hydrogens is 220 g/mol. The van der Waals surface area contributed by atoms with Crippen LogP contribution in [0.4, 0.5) is 0 Å². The SMILES string of the molecule is CC1(C(=O)NCc2ccsc2)CCCC1N. The van der Waals surface area contributed by atoms with Crippen LogP contribution in [0.5, 0.6) is 0 Å². The zero-order valence-corrected chi connectivity index (χ0v) is 10.3. The van der Waals surface area contributed by atoms with Crippen molar-refractivity contribution in [1.82, 2.24) is 5.32 Å². The molecule has 3 nitrogen and oxygen atoms in total. The summed E-state index contributed by atoms with van der Waals surface area (Å²) in [4.78, 5) is 12.1. The first kappa shape index (κ1) is 11.6. The van der Waals surface area contributed by atoms with Gasteiger partial charge in [0.15, 0.2) is 0 Å². The molecule has 88 valence electrons. The summed E-state index contributed by atoms with van der Waals surface area (Å²) < 4.78 is 0. The molecule has 16 heavy (non-hydrogen) atoms. The monoisotopic (exact) mass is 238 g/mol. The molecule has 0 radical (unpaired) electrons. The van der Waals surface area contributed by atoms with E-state index >= 15 is 0 Å². The average molecular weight is 238 g/mol. The van der Waals surface area contributed by atoms with Crippen LogP contribution in [-0.4, -0.2) is 11.9 Å². The minimum atomic E-state index is -0.365. The van der Waals surface area contributed by atoms with Crippen molar-refractivity contribution in [2.75, 3.05) is 0 Å². The lowest BCUT2D eigenvalue weighted by Crippen LogP contribution is -2.47. The Morgan fingerprint density at radius 1 is 1.75 bits per heavy atom. The van der Waals surface area contributed by atoms with E-state index in [2.05, 4.69) is 10.7 Å². The second-order valence-corrected chi connectivity index (χ2v) is 5.51. The fraction of sp³-hybridized carbons (Fsp3) is 0.583. The molecule has 1 amide bonds. The van der Waals surface area contributed by atoms with Gasteiger partial charge in [0.1, 0.15) is 0 Å². The van der Waals surface area contributed by atoms with Gasteiger partial charge in [-0.15, -0.1) is 0 Å². The molecule has 1 aromatic heterocycles. The van der Waals surface area contributed by atoms with Crippen molar-refractivity contribution in [1.29, 1.82) is 0 Å². The molecule has 0 aliphatic heterocycles. The van der Waals surface area contributed by atoms with Gasteiger partial charge in [0.05, 0.1) is 5.41 Å². The second kappa shape index (κ2) is 4.55. The normalized spacial score (nSPS) is 29.2. The van der Waals surface area contributed by atoms with Crippen molar-refractivity contribution in [3.8, 4) is 0 Å². The standard InChI is InChI=1S/C12H18N2OS/c1-12(5-2-3-10(12)13)11(15)14-7-9-4-6-16-8-9/h4,6,8,10H,2-3,5,7,13H2,1H3,(H,14,15). The molecule has 0 bridgehead atoms. The van der Waals surface area contributed by atoms with Crippen LogP contribution in [0, 0.1) is 5.41 Å². The number of rotatable bonds is 3. The van der Waals surface area contributed by atoms with Gasteiger partial charge >= 0.3 is 0 Å². The van der Waals surface area contributed by atoms with Gasteiger partial charge in [-0.3, -0.25) is 4.79 Å². The minimum Gasteiger partial charge on any atom is -0.351 e. The molecule has 0 aromatic carbocycles. The van der Waals surface area contributed by atoms with Crippen molar-refractivity contribution in [3.63, 3.8) is 0 Å². The topological polar surface area (TPSA) is 55.1 Å². The summed E-state index contributed by atoms with van der Waals surface area (Å²) in [6, 6.07) is 2.04. The Kier molecular flexibility index (Phi) is 3.30. The zero-order chi connectivity index (χ0) is 11.6. The number of hydrogen-bond donors (Lipinski definition) is 2. The summed E-state index contributed by atoms with van der Waals surface area (Å²) in [5.41, 5.74) is 6.80. The predicted octanol–water partition coefficient (Wildman–Crippen LogP) is 1.88. The van der Waals surface area contributed by atoms with Gasteiger partial charge < -0.3 is 11.1 Å². The van der Waals surface area contributed by atoms with Gasteiger partial charge in [0, 0.05) is 12.6 Å². The van der Waals surface area contributed by atoms with Crippen molar-refractivity contribution < 1.29 is 4.79 Å². The van der Waals surface area contributed by atoms with E-state index in [1.54, 1.807) is 11.3 Å². The van der Waals surface area contributed by atoms with Crippen LogP contribution in [0.3, 0.4) is 0 Å². The molecule has 0 spiro atoms. The van der Waals surface area contributed by atoms with Crippen LogP contribution in [0.25, 0.3) is 0 Å². The molecule has 0 saturated heterocycles. The zero-order valence-electron chi connectivity index (χ0n) is 9.53. The van der Waals surface area contributed by atoms with E-state index in [0.717, 1.165) is 24.8 Å². The molecule has 1 fully saturated rings. The molecule has 1 heterocycles. The quantitative estimate of drug-likeness (QED) is 0.845. The van der Waals surface area contributed by atoms with Gasteiger partial charge in [-0.2, -0.15) is 11.3 Å². The Hall–Kier alpha value is -0.870. The molecule has 1 aliphatic rings. The van der Waals surface area contributed by atoms with Gasteiger partial charge in [-0.25, -0.2) is 0 Å². The van der Waals surface area contributed by atoms with Crippen molar-refractivity contribution >= 4 is 17.2 Å². The number of carbonyl (C=O) groups excluding carboxylic acids is 1. The van der Waals surface area contributed by atoms with Gasteiger partial charge in [-0.05, 0) is 42.2 Å². The molecule has 1 aromatic rings. The lowest BCUT2D eigenvalue weighted by Gasteiger charge is -2.27. The van der Waals surface area contributed by atoms with Gasteiger partial charge in [-0.1, -0.05) is 6.42 Å². The highest BCUT2D eigenvalue weighted by Gasteiger charge is 2.42. The summed E-state index contributed by atoms with van der Waals surface area (Å²) in [7, 11) is 0. The highest BCUT2D eigenvalue weighted by atomic mass is 32.1. The van der Waals surface area contributed by atoms with E-state index in [1.807, 2.05) is 18.4 Å². The first-order chi connectivity index (χ1) is 7.63. The summed E-state index contributed by atoms with van der Waals surface area (Å²) >= 11 is 1.65. The van der Waals surface area contributed by atoms with E-state index in [-0.39, 0.29) is 17.4 Å². The van der Waals surface area contributed by atoms with Crippen LogP contribution < -0.4 is 11.1 Å². The maximum absolute atomic E-state index is 12.1. The number of carbonyl (C=O) groups is 1. The van der Waals surface area contributed by atoms with Gasteiger partial charge in [0.25, 0.3) is 0 Å². The van der Waals surface area contributed by atoms with Crippen LogP contribution in [0.15, 0.2) is 16.8 Å². The summed E-state index contributed by atoms with van der Waals surface area (Å²) in [5, 5.41) is 7.06. The number of hydrogen-bond acceptors (Lipinski definition) is 3. The Bertz CT molecular complexity index is 363. The molecule has 1 aliphatic carbocycles. The lowest BCUT2D eigenvalue weighted by molar-refractivity contribution is -0.130. The van der Waals surface area contributed by atoms with E-state index in [4.69, 9.17) is 5.73 Å². The molecule has 2 rings (SSSR count). The van der Waals surface area contributed by atoms with Gasteiger partial charge in [0.2, 0.25) is 5.91 Å². The Balaban J connectivity index is 1.93. The Morgan fingerprint density at radius 2 is 2.56 bits per heavy atom. The van der Waals surface area contributed by atoms with Crippen LogP contribution in [0.1, 0.15) is 31.7 Å². The third kappa shape index (κ3) is 2.13. The van der Waals surface area contributed by atoms with E-state index in [9.17, 15) is 4.79 Å². The largest absolute Gasteiger partial charge is 0.351 e. The third-order valence-corrected chi connectivity index (χ3v) is 4.31. The molecule has 3 N–H and O–H groups in total. The maximum Gasteiger partial charge on any atom is 0.227 e. The van der Waals surface area contributed by atoms with Crippen LogP contribution in [0.2, 0.25) is 0 Å². The predicted molar refractivity (Wildman–Crippen MR) is 66.1 cm³/mol. The molecular formula is C12H18N2OS. The van der Waals surface area contributed by atoms with E-state index < -0.39 is 0 Å². The molecule has 2 atom stereocenters. The fourth-order valence-corrected chi connectivity index (χ4v) is 2.92. The van der Waals surface area contributed by atoms with Crippen LogP contribution >= 0.6 is 11.3 Å². The summed E-state index contributed by atoms with van der Waals surface area (Å²) in [6.45, 7) is 2.60. The lowest BCUT2D eigenvalue weighted by atomic mass is 9.84. The first-order valence-electron chi connectivity index (χ1n) is 5.68. The fourth-order valence-electron chi connectivity index (χ4n) is 2.25. The van der Waals surface area contributed by atoms with Crippen LogP contribution in [-0.2, 0) is 11.3 Å². The smallest absolute Gasteiger partial charge is 0.227 e. The first-order valence-corrected chi connectivity index (χ1v) is 6.62. The molecule has 1 saturated carbocycles. The van der Waals surface area contributed by atoms with Crippen molar-refractivity contribution in [2.24, 2.45) is 11.1 Å². The minimum absolute atomic E-state index is 0.00924. The number of thiophene rings is 1. The summed E-state index contributed by atoms with van der Waals surface area (Å²) in [5.74, 6) is 0.101. The second-order valence-electron chi connectivity index (χ2n) is 4.73. The Morgan fingerprint density at radius 3 is 3.12 bits per heavy atom. The average Bonchev–Trinajstić information content (AvgIpc) is 2.87. The number of amides is 1. The highest BCUT2D eigenvalue weighted by Crippen LogP contribution is 2.36. The number of nitrogens with two attached hydrogens (primary N) is 1. The van der Waals surface area contributed by atoms with E-state index in [1.165, 1.54) is 0 Å². The maximum atomic E-state index is 12.1. The third-order valence-electron chi connectivity index (χ3n) is 3.58. The van der Waals surface area contributed by atoms with Crippen molar-refractivity contribution in [3.05, 3.63) is 22.4 Å². The highest BCUT2D eigenvalue weighted by molar-refractivity contribution is 7.07. The Labute approximate surface area is 100 Å². The summed E-state index contributed by atoms with van der Waals surface area (Å²) in [6.07, 6.45) is 2.93. The molecule has 2 unspecified atom stereocenters. The van der Waals surface area contributed by atoms with E-state index in [0.29, 0.717) is 6.54 Å².